The van der Waals surface area contributed by atoms with Crippen molar-refractivity contribution in [3.05, 3.63) is 0 Å². The Balaban J connectivity index is 4.31. The minimum absolute atomic E-state index is 0.0647. The minimum atomic E-state index is -0.763. The van der Waals surface area contributed by atoms with Crippen molar-refractivity contribution in [3.63, 3.8) is 0 Å². The van der Waals surface area contributed by atoms with Crippen LogP contribution in [0.5, 0.6) is 0 Å². The van der Waals surface area contributed by atoms with E-state index in [1.54, 1.807) is 0 Å². The van der Waals surface area contributed by atoms with Gasteiger partial charge >= 0.3 is 17.9 Å². The lowest BCUT2D eigenvalue weighted by Gasteiger charge is -2.18. The number of carbonyl (C=O) groups excluding carboxylic acids is 3. The van der Waals surface area contributed by atoms with E-state index in [1.165, 1.54) is 180 Å². The van der Waals surface area contributed by atoms with Crippen LogP contribution >= 0.6 is 0 Å². The van der Waals surface area contributed by atoms with E-state index in [2.05, 4.69) is 41.5 Å². The van der Waals surface area contributed by atoms with Gasteiger partial charge in [-0.1, -0.05) is 260 Å². The summed E-state index contributed by atoms with van der Waals surface area (Å²) >= 11 is 0. The topological polar surface area (TPSA) is 78.9 Å². The van der Waals surface area contributed by atoms with Crippen molar-refractivity contribution in [2.75, 3.05) is 13.2 Å². The summed E-state index contributed by atoms with van der Waals surface area (Å²) in [6.07, 6.45) is 46.5. The Kier molecular flexibility index (Phi) is 45.2. The van der Waals surface area contributed by atoms with Crippen LogP contribution in [0, 0.1) is 17.8 Å². The lowest BCUT2D eigenvalue weighted by atomic mass is 9.99. The average molecular weight is 863 g/mol. The smallest absolute Gasteiger partial charge is 0.306 e. The Labute approximate surface area is 380 Å². The van der Waals surface area contributed by atoms with E-state index in [-0.39, 0.29) is 31.1 Å². The van der Waals surface area contributed by atoms with E-state index >= 15 is 0 Å². The van der Waals surface area contributed by atoms with Gasteiger partial charge in [-0.2, -0.15) is 0 Å². The van der Waals surface area contributed by atoms with Gasteiger partial charge in [0.2, 0.25) is 0 Å². The number of esters is 3. The first-order valence-electron chi connectivity index (χ1n) is 27.2. The molecule has 0 saturated carbocycles. The number of rotatable bonds is 48. The van der Waals surface area contributed by atoms with Crippen molar-refractivity contribution in [3.8, 4) is 0 Å². The molecule has 362 valence electrons. The highest BCUT2D eigenvalue weighted by molar-refractivity contribution is 5.71. The second-order valence-electron chi connectivity index (χ2n) is 19.8. The molecule has 0 fully saturated rings. The zero-order valence-corrected chi connectivity index (χ0v) is 42.0. The van der Waals surface area contributed by atoms with Gasteiger partial charge in [0, 0.05) is 19.3 Å². The molecule has 6 nitrogen and oxygen atoms in total. The Morgan fingerprint density at radius 1 is 0.328 bits per heavy atom. The quantitative estimate of drug-likeness (QED) is 0.0344. The maximum atomic E-state index is 12.8. The first-order chi connectivity index (χ1) is 29.7. The van der Waals surface area contributed by atoms with Crippen molar-refractivity contribution in [1.29, 1.82) is 0 Å². The first kappa shape index (κ1) is 59.4. The van der Waals surface area contributed by atoms with Gasteiger partial charge in [-0.25, -0.2) is 0 Å². The van der Waals surface area contributed by atoms with Gasteiger partial charge in [0.05, 0.1) is 0 Å². The molecular weight excluding hydrogens is 757 g/mol. The van der Waals surface area contributed by atoms with Gasteiger partial charge in [-0.3, -0.25) is 14.4 Å². The van der Waals surface area contributed by atoms with Crippen molar-refractivity contribution in [1.82, 2.24) is 0 Å². The fraction of sp³-hybridized carbons (Fsp3) is 0.945. The molecule has 3 atom stereocenters. The Morgan fingerprint density at radius 2 is 0.574 bits per heavy atom. The fourth-order valence-electron chi connectivity index (χ4n) is 8.23. The summed E-state index contributed by atoms with van der Waals surface area (Å²) in [5, 5.41) is 0. The standard InChI is InChI=1S/C55H106O6/c1-7-50(5)42-36-30-24-18-13-11-9-10-12-14-20-28-34-40-46-55(58)61-52(48-60-54(57)45-39-33-27-22-21-25-31-37-43-51(6)8-2)47-59-53(56)44-38-32-26-19-16-15-17-23-29-35-41-49(3)4/h49-52H,7-48H2,1-6H3/t50?,51?,52-/m1/s1. The molecule has 0 rings (SSSR count). The Bertz CT molecular complexity index is 949. The molecule has 0 aromatic rings. The van der Waals surface area contributed by atoms with Crippen LogP contribution in [-0.4, -0.2) is 37.2 Å². The maximum absolute atomic E-state index is 12.8. The van der Waals surface area contributed by atoms with Crippen LogP contribution in [0.3, 0.4) is 0 Å². The molecule has 0 aromatic heterocycles. The highest BCUT2D eigenvalue weighted by Crippen LogP contribution is 2.19. The SMILES string of the molecule is CCC(C)CCCCCCCCCCCCCCCCC(=O)O[C@H](COC(=O)CCCCCCCCCCCCC(C)C)COC(=O)CCCCCCCCCCC(C)CC. The van der Waals surface area contributed by atoms with Crippen LogP contribution in [-0.2, 0) is 28.6 Å². The number of unbranched alkanes of at least 4 members (excludes halogenated alkanes) is 29. The second-order valence-corrected chi connectivity index (χ2v) is 19.8. The van der Waals surface area contributed by atoms with Crippen molar-refractivity contribution in [2.24, 2.45) is 17.8 Å². The molecule has 0 N–H and O–H groups in total. The first-order valence-corrected chi connectivity index (χ1v) is 27.2. The normalized spacial score (nSPS) is 13.0. The lowest BCUT2D eigenvalue weighted by Crippen LogP contribution is -2.30. The molecule has 0 spiro atoms. The zero-order chi connectivity index (χ0) is 44.9. The Hall–Kier alpha value is -1.59. The van der Waals surface area contributed by atoms with Gasteiger partial charge in [0.15, 0.2) is 6.10 Å². The molecule has 61 heavy (non-hydrogen) atoms. The van der Waals surface area contributed by atoms with Crippen LogP contribution in [0.15, 0.2) is 0 Å². The summed E-state index contributed by atoms with van der Waals surface area (Å²) in [7, 11) is 0. The fourth-order valence-corrected chi connectivity index (χ4v) is 8.23. The summed E-state index contributed by atoms with van der Waals surface area (Å²) in [4.78, 5) is 38.0. The molecule has 0 saturated heterocycles. The molecule has 6 heteroatoms. The molecule has 0 heterocycles. The third-order valence-corrected chi connectivity index (χ3v) is 13.1. The second kappa shape index (κ2) is 46.4. The van der Waals surface area contributed by atoms with Crippen LogP contribution in [0.1, 0.15) is 298 Å². The molecule has 0 aliphatic heterocycles. The van der Waals surface area contributed by atoms with Crippen molar-refractivity contribution in [2.45, 2.75) is 304 Å². The van der Waals surface area contributed by atoms with Gasteiger partial charge < -0.3 is 14.2 Å². The summed E-state index contributed by atoms with van der Waals surface area (Å²) in [6, 6.07) is 0. The predicted octanol–water partition coefficient (Wildman–Crippen LogP) is 17.6. The highest BCUT2D eigenvalue weighted by atomic mass is 16.6. The average Bonchev–Trinajstić information content (AvgIpc) is 3.24. The van der Waals surface area contributed by atoms with Gasteiger partial charge in [0.1, 0.15) is 13.2 Å². The number of ether oxygens (including phenoxy) is 3. The third-order valence-electron chi connectivity index (χ3n) is 13.1. The monoisotopic (exact) mass is 863 g/mol. The van der Waals surface area contributed by atoms with Crippen LogP contribution in [0.4, 0.5) is 0 Å². The minimum Gasteiger partial charge on any atom is -0.462 e. The van der Waals surface area contributed by atoms with E-state index in [4.69, 9.17) is 14.2 Å². The summed E-state index contributed by atoms with van der Waals surface area (Å²) in [6.45, 7) is 13.8. The van der Waals surface area contributed by atoms with Crippen molar-refractivity contribution >= 4 is 17.9 Å². The highest BCUT2D eigenvalue weighted by Gasteiger charge is 2.19. The van der Waals surface area contributed by atoms with Gasteiger partial charge in [-0.15, -0.1) is 0 Å². The van der Waals surface area contributed by atoms with E-state index in [9.17, 15) is 14.4 Å². The molecular formula is C55H106O6. The van der Waals surface area contributed by atoms with E-state index in [0.29, 0.717) is 19.3 Å². The molecule has 0 aliphatic carbocycles. The Morgan fingerprint density at radius 3 is 0.852 bits per heavy atom. The molecule has 2 unspecified atom stereocenters. The predicted molar refractivity (Wildman–Crippen MR) is 261 cm³/mol. The largest absolute Gasteiger partial charge is 0.462 e. The van der Waals surface area contributed by atoms with Gasteiger partial charge in [0.25, 0.3) is 0 Å². The maximum Gasteiger partial charge on any atom is 0.306 e. The number of carbonyl (C=O) groups is 3. The molecule has 0 radical (unpaired) electrons. The van der Waals surface area contributed by atoms with Crippen LogP contribution < -0.4 is 0 Å². The lowest BCUT2D eigenvalue weighted by molar-refractivity contribution is -0.167. The van der Waals surface area contributed by atoms with Crippen LogP contribution in [0.25, 0.3) is 0 Å². The van der Waals surface area contributed by atoms with Crippen LogP contribution in [0.2, 0.25) is 0 Å². The molecule has 0 amide bonds. The van der Waals surface area contributed by atoms with E-state index < -0.39 is 6.10 Å². The van der Waals surface area contributed by atoms with E-state index in [1.807, 2.05) is 0 Å². The molecule has 0 bridgehead atoms. The third kappa shape index (κ3) is 46.2. The zero-order valence-electron chi connectivity index (χ0n) is 42.0. The van der Waals surface area contributed by atoms with Gasteiger partial charge in [-0.05, 0) is 37.0 Å². The summed E-state index contributed by atoms with van der Waals surface area (Å²) < 4.78 is 16.8. The molecule has 0 aromatic carbocycles. The summed E-state index contributed by atoms with van der Waals surface area (Å²) in [5.74, 6) is 1.71. The number of hydrogen-bond donors (Lipinski definition) is 0. The molecule has 0 aliphatic rings. The number of hydrogen-bond acceptors (Lipinski definition) is 6. The van der Waals surface area contributed by atoms with Crippen molar-refractivity contribution < 1.29 is 28.6 Å². The summed E-state index contributed by atoms with van der Waals surface area (Å²) in [5.41, 5.74) is 0. The van der Waals surface area contributed by atoms with E-state index in [0.717, 1.165) is 75.5 Å².